The predicted octanol–water partition coefficient (Wildman–Crippen LogP) is 2.17. The molecule has 2 rings (SSSR count). The second-order valence-electron chi connectivity index (χ2n) is 5.32. The maximum Gasteiger partial charge on any atom is 0.332 e. The summed E-state index contributed by atoms with van der Waals surface area (Å²) >= 11 is 3.40. The van der Waals surface area contributed by atoms with Crippen LogP contribution in [-0.2, 0) is 20.6 Å². The zero-order valence-corrected chi connectivity index (χ0v) is 14.3. The van der Waals surface area contributed by atoms with Gasteiger partial charge in [0.1, 0.15) is 0 Å². The van der Waals surface area contributed by atoms with Crippen molar-refractivity contribution in [3.8, 4) is 0 Å². The zero-order valence-electron chi connectivity index (χ0n) is 12.7. The lowest BCUT2D eigenvalue weighted by Gasteiger charge is -2.07. The lowest BCUT2D eigenvalue weighted by atomic mass is 10.1. The molecule has 0 N–H and O–H groups in total. The molecule has 2 heterocycles. The van der Waals surface area contributed by atoms with Gasteiger partial charge >= 0.3 is 5.69 Å². The number of fused-ring (bicyclic) bond motifs is 1. The Morgan fingerprint density at radius 2 is 1.71 bits per heavy atom. The molecule has 116 valence electrons. The molecule has 0 bridgehead atoms. The van der Waals surface area contributed by atoms with Gasteiger partial charge < -0.3 is 4.57 Å². The van der Waals surface area contributed by atoms with Gasteiger partial charge in [-0.3, -0.25) is 13.9 Å². The summed E-state index contributed by atoms with van der Waals surface area (Å²) in [6.07, 6.45) is 5.78. The molecule has 0 radical (unpaired) electrons. The second kappa shape index (κ2) is 6.60. The summed E-state index contributed by atoms with van der Waals surface area (Å²) < 4.78 is 5.01. The minimum Gasteiger partial charge on any atom is -0.313 e. The van der Waals surface area contributed by atoms with E-state index in [-0.39, 0.29) is 11.2 Å². The van der Waals surface area contributed by atoms with Crippen LogP contribution in [0.4, 0.5) is 0 Å². The Bertz CT molecular complexity index is 757. The van der Waals surface area contributed by atoms with Gasteiger partial charge in [-0.2, -0.15) is 0 Å². The molecule has 21 heavy (non-hydrogen) atoms. The number of hydrogen-bond donors (Lipinski definition) is 0. The van der Waals surface area contributed by atoms with E-state index in [0.717, 1.165) is 24.0 Å². The molecule has 6 nitrogen and oxygen atoms in total. The van der Waals surface area contributed by atoms with Crippen LogP contribution in [0.2, 0.25) is 0 Å². The van der Waals surface area contributed by atoms with Crippen LogP contribution in [0.1, 0.15) is 39.0 Å². The molecule has 0 aliphatic heterocycles. The lowest BCUT2D eigenvalue weighted by molar-refractivity contribution is 0.568. The monoisotopic (exact) mass is 356 g/mol. The molecule has 0 spiro atoms. The van der Waals surface area contributed by atoms with E-state index >= 15 is 0 Å². The van der Waals surface area contributed by atoms with Gasteiger partial charge in [-0.1, -0.05) is 32.6 Å². The van der Waals surface area contributed by atoms with Gasteiger partial charge in [0.25, 0.3) is 5.56 Å². The third kappa shape index (κ3) is 2.97. The average Bonchev–Trinajstić information content (AvgIpc) is 2.80. The number of unbranched alkanes of at least 4 members (excludes halogenated alkanes) is 4. The molecule has 2 aromatic heterocycles. The van der Waals surface area contributed by atoms with E-state index in [9.17, 15) is 9.59 Å². The van der Waals surface area contributed by atoms with Crippen molar-refractivity contribution in [2.45, 2.75) is 45.6 Å². The van der Waals surface area contributed by atoms with Crippen LogP contribution in [0.5, 0.6) is 0 Å². The predicted molar refractivity (Wildman–Crippen MR) is 86.7 cm³/mol. The van der Waals surface area contributed by atoms with Gasteiger partial charge in [-0.05, 0) is 22.4 Å². The van der Waals surface area contributed by atoms with Crippen LogP contribution in [0.3, 0.4) is 0 Å². The Morgan fingerprint density at radius 3 is 2.38 bits per heavy atom. The highest BCUT2D eigenvalue weighted by atomic mass is 79.9. The van der Waals surface area contributed by atoms with Crippen LogP contribution in [0, 0.1) is 0 Å². The number of nitrogens with zero attached hydrogens (tertiary/aromatic N) is 4. The normalized spacial score (nSPS) is 11.4. The smallest absolute Gasteiger partial charge is 0.313 e. The highest BCUT2D eigenvalue weighted by Crippen LogP contribution is 2.17. The number of halogens is 1. The average molecular weight is 357 g/mol. The highest BCUT2D eigenvalue weighted by Gasteiger charge is 2.17. The van der Waals surface area contributed by atoms with Crippen molar-refractivity contribution in [2.75, 3.05) is 0 Å². The first-order valence-electron chi connectivity index (χ1n) is 7.30. The highest BCUT2D eigenvalue weighted by molar-refractivity contribution is 9.10. The minimum absolute atomic E-state index is 0.292. The summed E-state index contributed by atoms with van der Waals surface area (Å²) in [5, 5.41) is 0. The van der Waals surface area contributed by atoms with Crippen LogP contribution in [-0.4, -0.2) is 18.7 Å². The number of aromatic nitrogens is 4. The maximum atomic E-state index is 12.3. The first-order chi connectivity index (χ1) is 9.99. The fourth-order valence-corrected chi connectivity index (χ4v) is 3.02. The van der Waals surface area contributed by atoms with Gasteiger partial charge in [-0.25, -0.2) is 9.78 Å². The van der Waals surface area contributed by atoms with E-state index in [0.29, 0.717) is 15.9 Å². The van der Waals surface area contributed by atoms with Gasteiger partial charge in [0.2, 0.25) is 0 Å². The summed E-state index contributed by atoms with van der Waals surface area (Å²) in [5.74, 6) is 0. The van der Waals surface area contributed by atoms with Crippen LogP contribution >= 0.6 is 15.9 Å². The van der Waals surface area contributed by atoms with Crippen molar-refractivity contribution in [1.29, 1.82) is 0 Å². The Morgan fingerprint density at radius 1 is 1.05 bits per heavy atom. The third-order valence-corrected chi connectivity index (χ3v) is 4.39. The number of imidazole rings is 1. The van der Waals surface area contributed by atoms with E-state index in [1.165, 1.54) is 30.9 Å². The van der Waals surface area contributed by atoms with Crippen LogP contribution < -0.4 is 11.2 Å². The van der Waals surface area contributed by atoms with Crippen molar-refractivity contribution in [2.24, 2.45) is 14.1 Å². The van der Waals surface area contributed by atoms with E-state index in [2.05, 4.69) is 27.8 Å². The molecule has 0 saturated heterocycles. The summed E-state index contributed by atoms with van der Waals surface area (Å²) in [6.45, 7) is 2.92. The minimum atomic E-state index is -0.354. The van der Waals surface area contributed by atoms with Gasteiger partial charge in [0.05, 0.1) is 0 Å². The molecule has 0 atom stereocenters. The largest absolute Gasteiger partial charge is 0.332 e. The van der Waals surface area contributed by atoms with Gasteiger partial charge in [-0.15, -0.1) is 0 Å². The third-order valence-electron chi connectivity index (χ3n) is 3.79. The Hall–Kier alpha value is -1.37. The molecule has 0 saturated carbocycles. The molecule has 7 heteroatoms. The van der Waals surface area contributed by atoms with Crippen molar-refractivity contribution in [3.05, 3.63) is 25.6 Å². The number of hydrogen-bond acceptors (Lipinski definition) is 3. The van der Waals surface area contributed by atoms with E-state index < -0.39 is 0 Å². The first-order valence-corrected chi connectivity index (χ1v) is 8.10. The summed E-state index contributed by atoms with van der Waals surface area (Å²) in [7, 11) is 3.13. The number of aryl methyl sites for hydroxylation is 2. The second-order valence-corrected chi connectivity index (χ2v) is 6.03. The Kier molecular flexibility index (Phi) is 5.03. The molecular weight excluding hydrogens is 336 g/mol. The summed E-state index contributed by atoms with van der Waals surface area (Å²) in [5.41, 5.74) is 0.276. The van der Waals surface area contributed by atoms with E-state index in [1.807, 2.05) is 4.57 Å². The molecule has 0 amide bonds. The molecule has 0 unspecified atom stereocenters. The topological polar surface area (TPSA) is 61.8 Å². The van der Waals surface area contributed by atoms with Crippen molar-refractivity contribution in [1.82, 2.24) is 18.7 Å². The fourth-order valence-electron chi connectivity index (χ4n) is 2.50. The fraction of sp³-hybridized carbons (Fsp3) is 0.643. The molecule has 0 aliphatic carbocycles. The standard InChI is InChI=1S/C14H21BrN4O2/c1-4-5-6-7-8-9-19-10-11(16-13(19)15)17(2)14(21)18(3)12(10)20/h4-9H2,1-3H3. The molecular formula is C14H21BrN4O2. The maximum absolute atomic E-state index is 12.3. The SMILES string of the molecule is CCCCCCCn1c(Br)nc2c1c(=O)n(C)c(=O)n2C. The Balaban J connectivity index is 2.39. The number of rotatable bonds is 6. The van der Waals surface area contributed by atoms with Crippen molar-refractivity contribution in [3.63, 3.8) is 0 Å². The van der Waals surface area contributed by atoms with Crippen LogP contribution in [0.25, 0.3) is 11.2 Å². The molecule has 2 aromatic rings. The van der Waals surface area contributed by atoms with Crippen molar-refractivity contribution < 1.29 is 0 Å². The quantitative estimate of drug-likeness (QED) is 0.588. The van der Waals surface area contributed by atoms with E-state index in [4.69, 9.17) is 0 Å². The Labute approximate surface area is 131 Å². The van der Waals surface area contributed by atoms with E-state index in [1.54, 1.807) is 7.05 Å². The summed E-state index contributed by atoms with van der Waals surface area (Å²) in [4.78, 5) is 28.6. The molecule has 0 fully saturated rings. The molecule has 0 aromatic carbocycles. The van der Waals surface area contributed by atoms with Crippen LogP contribution in [0.15, 0.2) is 14.3 Å². The van der Waals surface area contributed by atoms with Gasteiger partial charge in [0.15, 0.2) is 15.9 Å². The first kappa shape index (κ1) is 16.0. The zero-order chi connectivity index (χ0) is 15.6. The van der Waals surface area contributed by atoms with Gasteiger partial charge in [0, 0.05) is 20.6 Å². The lowest BCUT2D eigenvalue weighted by Crippen LogP contribution is -2.37. The molecule has 0 aliphatic rings. The summed E-state index contributed by atoms with van der Waals surface area (Å²) in [6, 6.07) is 0. The van der Waals surface area contributed by atoms with Crippen molar-refractivity contribution >= 4 is 27.1 Å².